The number of carbonyl (C=O) groups excluding carboxylic acids is 1. The van der Waals surface area contributed by atoms with E-state index in [-0.39, 0.29) is 5.91 Å². The number of ether oxygens (including phenoxy) is 1. The van der Waals surface area contributed by atoms with E-state index in [4.69, 9.17) is 9.26 Å². The molecule has 0 N–H and O–H groups in total. The number of carbonyl (C=O) groups is 1. The van der Waals surface area contributed by atoms with Gasteiger partial charge in [0.2, 0.25) is 0 Å². The zero-order valence-corrected chi connectivity index (χ0v) is 16.6. The summed E-state index contributed by atoms with van der Waals surface area (Å²) in [4.78, 5) is 16.1. The van der Waals surface area contributed by atoms with Crippen LogP contribution in [0.5, 0.6) is 5.75 Å². The number of hydrogen-bond acceptors (Lipinski definition) is 5. The van der Waals surface area contributed by atoms with Crippen molar-refractivity contribution in [3.8, 4) is 5.75 Å². The van der Waals surface area contributed by atoms with Crippen LogP contribution < -0.4 is 4.74 Å². The fourth-order valence-electron chi connectivity index (χ4n) is 2.99. The van der Waals surface area contributed by atoms with Gasteiger partial charge in [-0.3, -0.25) is 4.79 Å². The van der Waals surface area contributed by atoms with Crippen LogP contribution in [0.2, 0.25) is 0 Å². The fourth-order valence-corrected chi connectivity index (χ4v) is 4.38. The van der Waals surface area contributed by atoms with Crippen LogP contribution in [0.25, 0.3) is 0 Å². The molecule has 0 unspecified atom stereocenters. The Labute approximate surface area is 163 Å². The van der Waals surface area contributed by atoms with Crippen LogP contribution in [-0.2, 0) is 19.6 Å². The Morgan fingerprint density at radius 3 is 3.04 bits per heavy atom. The number of thiophene rings is 1. The van der Waals surface area contributed by atoms with Crippen molar-refractivity contribution in [1.29, 1.82) is 0 Å². The molecular formula is C19H17BrN2O3S. The van der Waals surface area contributed by atoms with E-state index in [1.807, 2.05) is 30.0 Å². The molecule has 26 heavy (non-hydrogen) atoms. The normalized spacial score (nSPS) is 13.5. The van der Waals surface area contributed by atoms with Crippen molar-refractivity contribution in [2.24, 2.45) is 0 Å². The number of halogens is 1. The first kappa shape index (κ1) is 17.3. The molecule has 0 aliphatic carbocycles. The predicted octanol–water partition coefficient (Wildman–Crippen LogP) is 4.58. The minimum Gasteiger partial charge on any atom is -0.486 e. The van der Waals surface area contributed by atoms with E-state index in [2.05, 4.69) is 32.5 Å². The van der Waals surface area contributed by atoms with Gasteiger partial charge in [-0.2, -0.15) is 0 Å². The maximum absolute atomic E-state index is 12.8. The average molecular weight is 433 g/mol. The van der Waals surface area contributed by atoms with Crippen molar-refractivity contribution in [3.63, 3.8) is 0 Å². The molecule has 0 atom stereocenters. The Morgan fingerprint density at radius 2 is 2.27 bits per heavy atom. The summed E-state index contributed by atoms with van der Waals surface area (Å²) in [6.45, 7) is 3.59. The first-order valence-corrected chi connectivity index (χ1v) is 9.96. The topological polar surface area (TPSA) is 55.6 Å². The molecule has 7 heteroatoms. The lowest BCUT2D eigenvalue weighted by Crippen LogP contribution is -2.35. The summed E-state index contributed by atoms with van der Waals surface area (Å²) in [7, 11) is 0. The van der Waals surface area contributed by atoms with Crippen LogP contribution in [0.4, 0.5) is 0 Å². The van der Waals surface area contributed by atoms with Crippen molar-refractivity contribution in [3.05, 3.63) is 67.6 Å². The van der Waals surface area contributed by atoms with Gasteiger partial charge in [0.15, 0.2) is 0 Å². The number of nitrogens with zero attached hydrogens (tertiary/aromatic N) is 2. The minimum absolute atomic E-state index is 0.0428. The predicted molar refractivity (Wildman–Crippen MR) is 102 cm³/mol. The Kier molecular flexibility index (Phi) is 4.82. The van der Waals surface area contributed by atoms with Crippen LogP contribution >= 0.6 is 27.3 Å². The molecule has 1 amide bonds. The Hall–Kier alpha value is -2.12. The molecule has 1 aliphatic heterocycles. The second-order valence-electron chi connectivity index (χ2n) is 6.21. The maximum Gasteiger partial charge on any atom is 0.254 e. The van der Waals surface area contributed by atoms with Gasteiger partial charge >= 0.3 is 0 Å². The molecule has 0 spiro atoms. The summed E-state index contributed by atoms with van der Waals surface area (Å²) < 4.78 is 11.5. The highest BCUT2D eigenvalue weighted by Crippen LogP contribution is 2.29. The Bertz CT molecular complexity index is 950. The third-order valence-corrected chi connectivity index (χ3v) is 5.97. The van der Waals surface area contributed by atoms with Crippen LogP contribution in [0, 0.1) is 6.92 Å². The van der Waals surface area contributed by atoms with Crippen LogP contribution in [0.3, 0.4) is 0 Å². The van der Waals surface area contributed by atoms with Gasteiger partial charge in [-0.05, 0) is 64.5 Å². The molecule has 134 valence electrons. The third kappa shape index (κ3) is 3.54. The van der Waals surface area contributed by atoms with Crippen molar-refractivity contribution < 1.29 is 14.1 Å². The molecule has 0 radical (unpaired) electrons. The molecule has 0 saturated carbocycles. The van der Waals surface area contributed by atoms with E-state index in [1.165, 1.54) is 10.4 Å². The summed E-state index contributed by atoms with van der Waals surface area (Å²) in [5, 5.41) is 6.00. The number of aryl methyl sites for hydroxylation is 1. The highest BCUT2D eigenvalue weighted by molar-refractivity contribution is 9.10. The van der Waals surface area contributed by atoms with Gasteiger partial charge < -0.3 is 14.2 Å². The van der Waals surface area contributed by atoms with Gasteiger partial charge in [0.1, 0.15) is 23.8 Å². The summed E-state index contributed by atoms with van der Waals surface area (Å²) in [6.07, 6.45) is 0.929. The maximum atomic E-state index is 12.8. The van der Waals surface area contributed by atoms with Gasteiger partial charge in [-0.1, -0.05) is 5.16 Å². The Balaban J connectivity index is 1.44. The monoisotopic (exact) mass is 432 g/mol. The molecule has 1 aromatic carbocycles. The molecule has 0 saturated heterocycles. The van der Waals surface area contributed by atoms with E-state index in [1.54, 1.807) is 17.4 Å². The molecular weight excluding hydrogens is 416 g/mol. The lowest BCUT2D eigenvalue weighted by atomic mass is 10.1. The first-order chi connectivity index (χ1) is 12.6. The summed E-state index contributed by atoms with van der Waals surface area (Å²) in [5.74, 6) is 1.46. The van der Waals surface area contributed by atoms with Gasteiger partial charge in [-0.25, -0.2) is 0 Å². The number of amides is 1. The number of hydrogen-bond donors (Lipinski definition) is 0. The van der Waals surface area contributed by atoms with E-state index in [0.717, 1.165) is 28.9 Å². The van der Waals surface area contributed by atoms with Crippen LogP contribution in [0.15, 0.2) is 44.7 Å². The highest BCUT2D eigenvalue weighted by Gasteiger charge is 2.23. The van der Waals surface area contributed by atoms with Gasteiger partial charge in [-0.15, -0.1) is 11.3 Å². The molecule has 3 heterocycles. The molecule has 0 bridgehead atoms. The SMILES string of the molecule is Cc1cc(COc2ccc(C(=O)N3CCc4sccc4C3)cc2Br)no1. The Morgan fingerprint density at radius 1 is 1.38 bits per heavy atom. The zero-order chi connectivity index (χ0) is 18.1. The summed E-state index contributed by atoms with van der Waals surface area (Å²) in [5.41, 5.74) is 2.64. The van der Waals surface area contributed by atoms with Crippen molar-refractivity contribution in [1.82, 2.24) is 10.1 Å². The van der Waals surface area contributed by atoms with E-state index in [9.17, 15) is 4.79 Å². The third-order valence-electron chi connectivity index (χ3n) is 4.33. The highest BCUT2D eigenvalue weighted by atomic mass is 79.9. The lowest BCUT2D eigenvalue weighted by molar-refractivity contribution is 0.0735. The van der Waals surface area contributed by atoms with E-state index in [0.29, 0.717) is 24.5 Å². The van der Waals surface area contributed by atoms with Crippen molar-refractivity contribution in [2.75, 3.05) is 6.54 Å². The second kappa shape index (κ2) is 7.25. The first-order valence-electron chi connectivity index (χ1n) is 8.29. The van der Waals surface area contributed by atoms with Crippen LogP contribution in [-0.4, -0.2) is 22.5 Å². The van der Waals surface area contributed by atoms with Gasteiger partial charge in [0.25, 0.3) is 5.91 Å². The molecule has 1 aliphatic rings. The number of benzene rings is 1. The van der Waals surface area contributed by atoms with E-state index < -0.39 is 0 Å². The lowest BCUT2D eigenvalue weighted by Gasteiger charge is -2.27. The molecule has 2 aromatic heterocycles. The summed E-state index contributed by atoms with van der Waals surface area (Å²) >= 11 is 5.27. The largest absolute Gasteiger partial charge is 0.486 e. The standard InChI is InChI=1S/C19H17BrN2O3S/c1-12-8-15(21-25-12)11-24-17-3-2-13(9-16(17)20)19(23)22-6-4-18-14(10-22)5-7-26-18/h2-3,5,7-9H,4,6,10-11H2,1H3. The quantitative estimate of drug-likeness (QED) is 0.604. The smallest absolute Gasteiger partial charge is 0.254 e. The van der Waals surface area contributed by atoms with Crippen molar-refractivity contribution >= 4 is 33.2 Å². The summed E-state index contributed by atoms with van der Waals surface area (Å²) in [6, 6.07) is 9.37. The molecule has 4 rings (SSSR count). The van der Waals surface area contributed by atoms with Gasteiger partial charge in [0.05, 0.1) is 4.47 Å². The van der Waals surface area contributed by atoms with Gasteiger partial charge in [0, 0.05) is 29.6 Å². The number of fused-ring (bicyclic) bond motifs is 1. The average Bonchev–Trinajstić information content (AvgIpc) is 3.28. The number of aromatic nitrogens is 1. The minimum atomic E-state index is 0.0428. The van der Waals surface area contributed by atoms with E-state index >= 15 is 0 Å². The fraction of sp³-hybridized carbons (Fsp3) is 0.263. The van der Waals surface area contributed by atoms with Crippen molar-refractivity contribution in [2.45, 2.75) is 26.5 Å². The van der Waals surface area contributed by atoms with Crippen LogP contribution in [0.1, 0.15) is 32.3 Å². The zero-order valence-electron chi connectivity index (χ0n) is 14.2. The number of rotatable bonds is 4. The molecule has 0 fully saturated rings. The molecule has 5 nitrogen and oxygen atoms in total. The second-order valence-corrected chi connectivity index (χ2v) is 8.06. The molecule has 3 aromatic rings.